The summed E-state index contributed by atoms with van der Waals surface area (Å²) in [5.41, 5.74) is 5.89. The molecule has 3 amide bonds. The highest BCUT2D eigenvalue weighted by atomic mass is 16.2. The molecule has 2 atom stereocenters. The predicted octanol–water partition coefficient (Wildman–Crippen LogP) is 1.52. The van der Waals surface area contributed by atoms with Crippen molar-refractivity contribution in [3.8, 4) is 0 Å². The number of primary amides is 1. The minimum absolute atomic E-state index is 0.0813. The maximum atomic E-state index is 11.6. The topological polar surface area (TPSA) is 84.2 Å². The van der Waals surface area contributed by atoms with Gasteiger partial charge < -0.3 is 11.1 Å². The molecule has 4 fully saturated rings. The minimum atomic E-state index is -0.777. The summed E-state index contributed by atoms with van der Waals surface area (Å²) in [6.07, 6.45) is 7.44. The summed E-state index contributed by atoms with van der Waals surface area (Å²) in [5, 5.41) is 5.59. The Morgan fingerprint density at radius 1 is 1.10 bits per heavy atom. The fourth-order valence-corrected chi connectivity index (χ4v) is 6.09. The van der Waals surface area contributed by atoms with Crippen LogP contribution in [0, 0.1) is 16.7 Å². The molecule has 4 saturated carbocycles. The summed E-state index contributed by atoms with van der Waals surface area (Å²) in [5.74, 6) is 0.455. The van der Waals surface area contributed by atoms with Gasteiger partial charge in [0.1, 0.15) is 0 Å². The molecule has 20 heavy (non-hydrogen) atoms. The first-order chi connectivity index (χ1) is 9.22. The Labute approximate surface area is 120 Å². The Morgan fingerprint density at radius 3 is 2.20 bits per heavy atom. The van der Waals surface area contributed by atoms with Crippen LogP contribution in [0.5, 0.6) is 0 Å². The maximum Gasteiger partial charge on any atom is 0.318 e. The smallest absolute Gasteiger partial charge is 0.318 e. The Kier molecular flexibility index (Phi) is 2.91. The third-order valence-corrected chi connectivity index (χ3v) is 5.51. The molecule has 0 saturated heterocycles. The molecule has 0 spiro atoms. The van der Waals surface area contributed by atoms with Gasteiger partial charge in [0.05, 0.1) is 6.54 Å². The van der Waals surface area contributed by atoms with E-state index in [2.05, 4.69) is 24.5 Å². The molecule has 4 aliphatic rings. The molecule has 0 radical (unpaired) electrons. The average molecular weight is 279 g/mol. The summed E-state index contributed by atoms with van der Waals surface area (Å²) in [4.78, 5) is 22.3. The predicted molar refractivity (Wildman–Crippen MR) is 75.9 cm³/mol. The first-order valence-electron chi connectivity index (χ1n) is 7.56. The Morgan fingerprint density at radius 2 is 1.70 bits per heavy atom. The molecule has 4 aliphatic carbocycles. The number of urea groups is 1. The lowest BCUT2D eigenvalue weighted by atomic mass is 9.43. The summed E-state index contributed by atoms with van der Waals surface area (Å²) in [6, 6.07) is -0.777. The second-order valence-corrected chi connectivity index (χ2v) is 8.18. The largest absolute Gasteiger partial charge is 0.351 e. The fraction of sp³-hybridized carbons (Fsp3) is 0.867. The molecule has 112 valence electrons. The van der Waals surface area contributed by atoms with Crippen molar-refractivity contribution < 1.29 is 9.59 Å². The normalized spacial score (nSPS) is 45.4. The van der Waals surface area contributed by atoms with Crippen LogP contribution in [-0.2, 0) is 4.79 Å². The van der Waals surface area contributed by atoms with E-state index in [1.807, 2.05) is 0 Å². The second-order valence-electron chi connectivity index (χ2n) is 8.18. The zero-order valence-electron chi connectivity index (χ0n) is 12.4. The van der Waals surface area contributed by atoms with Crippen molar-refractivity contribution in [1.82, 2.24) is 10.6 Å². The van der Waals surface area contributed by atoms with Crippen LogP contribution in [0.3, 0.4) is 0 Å². The second kappa shape index (κ2) is 4.20. The van der Waals surface area contributed by atoms with Gasteiger partial charge in [0.2, 0.25) is 5.91 Å². The Bertz CT molecular complexity index is 444. The molecule has 4 rings (SSSR count). The van der Waals surface area contributed by atoms with E-state index >= 15 is 0 Å². The van der Waals surface area contributed by atoms with E-state index in [-0.39, 0.29) is 18.0 Å². The van der Waals surface area contributed by atoms with Crippen molar-refractivity contribution in [3.63, 3.8) is 0 Å². The molecule has 5 nitrogen and oxygen atoms in total. The quantitative estimate of drug-likeness (QED) is 0.732. The monoisotopic (exact) mass is 279 g/mol. The van der Waals surface area contributed by atoms with Gasteiger partial charge >= 0.3 is 6.03 Å². The van der Waals surface area contributed by atoms with Gasteiger partial charge in [0.25, 0.3) is 0 Å². The van der Waals surface area contributed by atoms with Crippen LogP contribution >= 0.6 is 0 Å². The highest BCUT2D eigenvalue weighted by Crippen LogP contribution is 2.66. The third kappa shape index (κ3) is 2.43. The van der Waals surface area contributed by atoms with Gasteiger partial charge in [-0.2, -0.15) is 0 Å². The van der Waals surface area contributed by atoms with Crippen molar-refractivity contribution in [3.05, 3.63) is 0 Å². The molecule has 4 N–H and O–H groups in total. The van der Waals surface area contributed by atoms with Crippen LogP contribution in [-0.4, -0.2) is 24.0 Å². The van der Waals surface area contributed by atoms with Crippen LogP contribution in [0.15, 0.2) is 0 Å². The third-order valence-electron chi connectivity index (χ3n) is 5.51. The van der Waals surface area contributed by atoms with Crippen molar-refractivity contribution in [2.24, 2.45) is 22.5 Å². The number of hydrogen-bond acceptors (Lipinski definition) is 3. The van der Waals surface area contributed by atoms with Crippen LogP contribution in [0.4, 0.5) is 4.79 Å². The lowest BCUT2D eigenvalue weighted by Gasteiger charge is -2.65. The van der Waals surface area contributed by atoms with E-state index in [0.29, 0.717) is 10.8 Å². The Hall–Kier alpha value is -1.10. The van der Waals surface area contributed by atoms with Crippen molar-refractivity contribution in [2.75, 3.05) is 6.54 Å². The van der Waals surface area contributed by atoms with Gasteiger partial charge in [-0.15, -0.1) is 0 Å². The van der Waals surface area contributed by atoms with Crippen molar-refractivity contribution in [1.29, 1.82) is 0 Å². The molecule has 4 bridgehead atoms. The Balaban J connectivity index is 1.70. The van der Waals surface area contributed by atoms with Crippen LogP contribution in [0.2, 0.25) is 0 Å². The van der Waals surface area contributed by atoms with E-state index in [1.54, 1.807) is 0 Å². The SMILES string of the molecule is CC12CC3CC(C)(C1)CC(NCC(=O)NC(N)=O)(C3)C2. The first kappa shape index (κ1) is 13.9. The molecule has 2 unspecified atom stereocenters. The van der Waals surface area contributed by atoms with Gasteiger partial charge in [-0.3, -0.25) is 10.1 Å². The first-order valence-corrected chi connectivity index (χ1v) is 7.56. The van der Waals surface area contributed by atoms with Crippen LogP contribution in [0.1, 0.15) is 52.4 Å². The molecule has 0 heterocycles. The maximum absolute atomic E-state index is 11.6. The fourth-order valence-electron chi connectivity index (χ4n) is 6.09. The zero-order valence-corrected chi connectivity index (χ0v) is 12.4. The van der Waals surface area contributed by atoms with E-state index in [9.17, 15) is 9.59 Å². The molecular weight excluding hydrogens is 254 g/mol. The van der Waals surface area contributed by atoms with Gasteiger partial charge in [0, 0.05) is 5.54 Å². The van der Waals surface area contributed by atoms with E-state index in [1.165, 1.54) is 25.7 Å². The number of imide groups is 1. The number of amides is 3. The molecular formula is C15H25N3O2. The summed E-state index contributed by atoms with van der Waals surface area (Å²) < 4.78 is 0. The molecule has 5 heteroatoms. The number of nitrogens with two attached hydrogens (primary N) is 1. The number of hydrogen-bond donors (Lipinski definition) is 3. The van der Waals surface area contributed by atoms with Crippen molar-refractivity contribution >= 4 is 11.9 Å². The molecule has 0 aromatic carbocycles. The lowest BCUT2D eigenvalue weighted by molar-refractivity contribution is -0.128. The van der Waals surface area contributed by atoms with Gasteiger partial charge in [-0.05, 0) is 55.3 Å². The zero-order chi connectivity index (χ0) is 14.6. The number of carbonyl (C=O) groups is 2. The van der Waals surface area contributed by atoms with E-state index in [0.717, 1.165) is 18.8 Å². The van der Waals surface area contributed by atoms with E-state index < -0.39 is 6.03 Å². The lowest BCUT2D eigenvalue weighted by Crippen LogP contribution is -2.65. The molecule has 0 aromatic heterocycles. The minimum Gasteiger partial charge on any atom is -0.351 e. The van der Waals surface area contributed by atoms with Crippen molar-refractivity contribution in [2.45, 2.75) is 57.9 Å². The van der Waals surface area contributed by atoms with Gasteiger partial charge in [-0.25, -0.2) is 4.79 Å². The molecule has 0 aliphatic heterocycles. The number of rotatable bonds is 3. The summed E-state index contributed by atoms with van der Waals surface area (Å²) in [6.45, 7) is 4.98. The van der Waals surface area contributed by atoms with Gasteiger partial charge in [0.15, 0.2) is 0 Å². The molecule has 0 aromatic rings. The average Bonchev–Trinajstić information content (AvgIpc) is 2.20. The number of carbonyl (C=O) groups excluding carboxylic acids is 2. The van der Waals surface area contributed by atoms with Gasteiger partial charge in [-0.1, -0.05) is 13.8 Å². The number of nitrogens with one attached hydrogen (secondary N) is 2. The summed E-state index contributed by atoms with van der Waals surface area (Å²) >= 11 is 0. The summed E-state index contributed by atoms with van der Waals surface area (Å²) in [7, 11) is 0. The highest BCUT2D eigenvalue weighted by molar-refractivity contribution is 5.94. The van der Waals surface area contributed by atoms with Crippen LogP contribution in [0.25, 0.3) is 0 Å². The standard InChI is InChI=1S/C15H25N3O2/c1-13-3-10-4-14(2,7-13)9-15(5-10,8-13)17-6-11(19)18-12(16)20/h10,17H,3-9H2,1-2H3,(H3,16,18,19,20). The van der Waals surface area contributed by atoms with E-state index in [4.69, 9.17) is 5.73 Å². The highest BCUT2D eigenvalue weighted by Gasteiger charge is 2.59. The van der Waals surface area contributed by atoms with Crippen LogP contribution < -0.4 is 16.4 Å².